The summed E-state index contributed by atoms with van der Waals surface area (Å²) in [6.45, 7) is 2.62. The lowest BCUT2D eigenvalue weighted by atomic mass is 10.2. The van der Waals surface area contributed by atoms with Gasteiger partial charge in [0.05, 0.1) is 0 Å². The second-order valence-electron chi connectivity index (χ2n) is 5.26. The van der Waals surface area contributed by atoms with E-state index in [9.17, 15) is 0 Å². The zero-order chi connectivity index (χ0) is 10.7. The van der Waals surface area contributed by atoms with Crippen LogP contribution in [-0.2, 0) is 0 Å². The Morgan fingerprint density at radius 3 is 2.69 bits per heavy atom. The second kappa shape index (κ2) is 3.08. The summed E-state index contributed by atoms with van der Waals surface area (Å²) >= 11 is 2.01. The first-order chi connectivity index (χ1) is 7.83. The van der Waals surface area contributed by atoms with Gasteiger partial charge in [-0.3, -0.25) is 0 Å². The first kappa shape index (κ1) is 9.20. The van der Waals surface area contributed by atoms with Gasteiger partial charge < -0.3 is 4.90 Å². The summed E-state index contributed by atoms with van der Waals surface area (Å²) in [4.78, 5) is 4.10. The molecule has 2 fully saturated rings. The summed E-state index contributed by atoms with van der Waals surface area (Å²) < 4.78 is 1.45. The molecule has 0 spiro atoms. The van der Waals surface area contributed by atoms with Crippen molar-refractivity contribution in [3.05, 3.63) is 35.2 Å². The summed E-state index contributed by atoms with van der Waals surface area (Å²) in [6, 6.07) is 11.2. The molecule has 2 aliphatic rings. The van der Waals surface area contributed by atoms with E-state index < -0.39 is 0 Å². The van der Waals surface area contributed by atoms with Gasteiger partial charge in [-0.2, -0.15) is 0 Å². The number of thiophene rings is 1. The lowest BCUT2D eigenvalue weighted by Gasteiger charge is -2.11. The van der Waals surface area contributed by atoms with Crippen LogP contribution in [0.15, 0.2) is 30.3 Å². The molecular formula is C14H15NS. The molecule has 2 heteroatoms. The van der Waals surface area contributed by atoms with Gasteiger partial charge in [0.25, 0.3) is 0 Å². The number of hydrogen-bond donors (Lipinski definition) is 0. The Bertz CT molecular complexity index is 499. The molecule has 82 valence electrons. The maximum atomic E-state index is 2.47. The molecule has 2 unspecified atom stereocenters. The van der Waals surface area contributed by atoms with Crippen LogP contribution in [0.25, 0.3) is 10.1 Å². The predicted molar refractivity (Wildman–Crippen MR) is 69.0 cm³/mol. The topological polar surface area (TPSA) is 3.24 Å². The van der Waals surface area contributed by atoms with Crippen LogP contribution in [0.4, 0.5) is 0 Å². The first-order valence-corrected chi connectivity index (χ1v) is 6.81. The van der Waals surface area contributed by atoms with Crippen molar-refractivity contribution < 1.29 is 0 Å². The molecule has 1 nitrogen and oxygen atoms in total. The van der Waals surface area contributed by atoms with Crippen molar-refractivity contribution in [1.29, 1.82) is 0 Å². The smallest absolute Gasteiger partial charge is 0.0345 e. The number of benzene rings is 1. The van der Waals surface area contributed by atoms with Crippen LogP contribution in [0.1, 0.15) is 10.8 Å². The Labute approximate surface area is 99.7 Å². The van der Waals surface area contributed by atoms with Gasteiger partial charge in [0, 0.05) is 28.6 Å². The lowest BCUT2D eigenvalue weighted by Crippen LogP contribution is -2.18. The highest BCUT2D eigenvalue weighted by Crippen LogP contribution is 2.59. The van der Waals surface area contributed by atoms with Crippen LogP contribution in [0, 0.1) is 11.8 Å². The molecule has 4 rings (SSSR count). The fourth-order valence-corrected chi connectivity index (χ4v) is 4.64. The van der Waals surface area contributed by atoms with Gasteiger partial charge in [0.2, 0.25) is 0 Å². The summed E-state index contributed by atoms with van der Waals surface area (Å²) in [6.07, 6.45) is 0. The van der Waals surface area contributed by atoms with Gasteiger partial charge in [-0.1, -0.05) is 18.2 Å². The van der Waals surface area contributed by atoms with Gasteiger partial charge in [-0.05, 0) is 36.4 Å². The van der Waals surface area contributed by atoms with E-state index in [1.54, 1.807) is 4.88 Å². The van der Waals surface area contributed by atoms with Gasteiger partial charge in [0.1, 0.15) is 0 Å². The molecule has 1 aromatic carbocycles. The molecule has 0 N–H and O–H groups in total. The molecule has 2 heterocycles. The highest BCUT2D eigenvalue weighted by atomic mass is 32.1. The van der Waals surface area contributed by atoms with Crippen molar-refractivity contribution in [2.45, 2.75) is 5.92 Å². The minimum Gasteiger partial charge on any atom is -0.306 e. The van der Waals surface area contributed by atoms with Crippen LogP contribution >= 0.6 is 11.3 Å². The summed E-state index contributed by atoms with van der Waals surface area (Å²) in [5.74, 6) is 2.80. The Kier molecular flexibility index (Phi) is 1.77. The van der Waals surface area contributed by atoms with Crippen molar-refractivity contribution in [2.24, 2.45) is 11.8 Å². The van der Waals surface area contributed by atoms with Crippen LogP contribution in [0.3, 0.4) is 0 Å². The normalized spacial score (nSPS) is 33.2. The number of piperidine rings is 1. The van der Waals surface area contributed by atoms with E-state index in [2.05, 4.69) is 42.3 Å². The van der Waals surface area contributed by atoms with Gasteiger partial charge in [-0.15, -0.1) is 11.3 Å². The third kappa shape index (κ3) is 1.20. The second-order valence-corrected chi connectivity index (χ2v) is 6.38. The maximum Gasteiger partial charge on any atom is 0.0345 e. The molecule has 1 aliphatic carbocycles. The molecule has 0 amide bonds. The fraction of sp³-hybridized carbons (Fsp3) is 0.429. The Morgan fingerprint density at radius 1 is 1.19 bits per heavy atom. The molecule has 0 bridgehead atoms. The molecule has 1 saturated heterocycles. The van der Waals surface area contributed by atoms with E-state index in [4.69, 9.17) is 0 Å². The van der Waals surface area contributed by atoms with Crippen molar-refractivity contribution >= 4 is 21.4 Å². The first-order valence-electron chi connectivity index (χ1n) is 6.00. The molecule has 1 aromatic heterocycles. The van der Waals surface area contributed by atoms with E-state index in [1.165, 1.54) is 23.2 Å². The van der Waals surface area contributed by atoms with Gasteiger partial charge >= 0.3 is 0 Å². The Hall–Kier alpha value is -0.860. The minimum absolute atomic E-state index is 0.883. The van der Waals surface area contributed by atoms with Crippen molar-refractivity contribution in [2.75, 3.05) is 20.1 Å². The van der Waals surface area contributed by atoms with Gasteiger partial charge in [0.15, 0.2) is 0 Å². The average Bonchev–Trinajstić information content (AvgIpc) is 2.67. The van der Waals surface area contributed by atoms with Crippen LogP contribution in [-0.4, -0.2) is 25.0 Å². The Morgan fingerprint density at radius 2 is 1.94 bits per heavy atom. The summed E-state index contributed by atoms with van der Waals surface area (Å²) in [5.41, 5.74) is 0. The van der Waals surface area contributed by atoms with E-state index in [0.29, 0.717) is 0 Å². The Balaban J connectivity index is 1.69. The average molecular weight is 229 g/mol. The number of hydrogen-bond acceptors (Lipinski definition) is 2. The van der Waals surface area contributed by atoms with Crippen molar-refractivity contribution in [3.8, 4) is 0 Å². The third-order valence-corrected chi connectivity index (χ3v) is 5.37. The summed E-state index contributed by atoms with van der Waals surface area (Å²) in [7, 11) is 2.24. The molecule has 0 radical (unpaired) electrons. The highest BCUT2D eigenvalue weighted by Gasteiger charge is 2.55. The number of nitrogens with zero attached hydrogens (tertiary/aromatic N) is 1. The molecule has 1 saturated carbocycles. The largest absolute Gasteiger partial charge is 0.306 e. The fourth-order valence-electron chi connectivity index (χ4n) is 3.33. The minimum atomic E-state index is 0.883. The lowest BCUT2D eigenvalue weighted by molar-refractivity contribution is 0.363. The van der Waals surface area contributed by atoms with E-state index >= 15 is 0 Å². The van der Waals surface area contributed by atoms with E-state index in [-0.39, 0.29) is 0 Å². The van der Waals surface area contributed by atoms with E-state index in [1.807, 2.05) is 11.3 Å². The molecule has 16 heavy (non-hydrogen) atoms. The highest BCUT2D eigenvalue weighted by molar-refractivity contribution is 7.19. The summed E-state index contributed by atoms with van der Waals surface area (Å²) in [5, 5.41) is 1.43. The SMILES string of the molecule is CN1CC2C(c3cc4ccccc4s3)[C@H]2C1. The van der Waals surface area contributed by atoms with Crippen molar-refractivity contribution in [3.63, 3.8) is 0 Å². The zero-order valence-electron chi connectivity index (χ0n) is 9.39. The van der Waals surface area contributed by atoms with Crippen molar-refractivity contribution in [1.82, 2.24) is 4.90 Å². The molecular weight excluding hydrogens is 214 g/mol. The molecule has 3 atom stereocenters. The van der Waals surface area contributed by atoms with Crippen LogP contribution in [0.5, 0.6) is 0 Å². The van der Waals surface area contributed by atoms with Crippen LogP contribution < -0.4 is 0 Å². The number of likely N-dealkylation sites (tertiary alicyclic amines) is 1. The maximum absolute atomic E-state index is 2.47. The molecule has 2 aromatic rings. The zero-order valence-corrected chi connectivity index (χ0v) is 10.2. The number of rotatable bonds is 1. The molecule has 1 aliphatic heterocycles. The van der Waals surface area contributed by atoms with Crippen LogP contribution in [0.2, 0.25) is 0 Å². The number of fused-ring (bicyclic) bond motifs is 2. The monoisotopic (exact) mass is 229 g/mol. The van der Waals surface area contributed by atoms with Gasteiger partial charge in [-0.25, -0.2) is 0 Å². The predicted octanol–water partition coefficient (Wildman–Crippen LogP) is 3.18. The standard InChI is InChI=1S/C14H15NS/c1-15-7-10-11(8-15)14(10)13-6-9-4-2-3-5-12(9)16-13/h2-6,10-11,14H,7-8H2,1H3/t10-,11?,14?/m0/s1. The van der Waals surface area contributed by atoms with E-state index in [0.717, 1.165) is 17.8 Å². The quantitative estimate of drug-likeness (QED) is 0.726. The third-order valence-electron chi connectivity index (χ3n) is 4.15.